The van der Waals surface area contributed by atoms with E-state index in [0.29, 0.717) is 46.5 Å². The minimum atomic E-state index is -0.960. The SMILES string of the molecule is N#Cc1ccc(OC2CCC3(CC2)CCN(C(=O)c2ccc(N4CCC(CN5Cc6cc7c(cc6C5)C(=O)N(C5CCC(=O)NC5=O)C7=O)CC4)cc2)C3)cc1Cl. The van der Waals surface area contributed by atoms with Gasteiger partial charge in [-0.1, -0.05) is 11.6 Å². The standard InChI is InChI=1S/C44H45ClN6O6/c45-37-21-34(6-3-29(37)22-46)57-33-9-13-44(14-10-33)15-18-50(26-44)41(54)28-1-4-32(5-2-28)49-16-11-27(12-17-49)23-48-24-30-19-35-36(20-31(30)25-48)43(56)51(42(35)55)38-7-8-39(52)47-40(38)53/h1-6,19-21,27,33,38H,7-18,23-26H2,(H,47,52,53). The number of fused-ring (bicyclic) bond motifs is 2. The van der Waals surface area contributed by atoms with E-state index in [1.54, 1.807) is 18.2 Å². The lowest BCUT2D eigenvalue weighted by Gasteiger charge is -2.37. The van der Waals surface area contributed by atoms with Gasteiger partial charge in [0.05, 0.1) is 27.8 Å². The van der Waals surface area contributed by atoms with Crippen molar-refractivity contribution in [2.75, 3.05) is 37.6 Å². The number of ether oxygens (including phenoxy) is 1. The van der Waals surface area contributed by atoms with Gasteiger partial charge in [-0.2, -0.15) is 5.26 Å². The van der Waals surface area contributed by atoms with Crippen molar-refractivity contribution < 1.29 is 28.7 Å². The second-order valence-corrected chi connectivity index (χ2v) is 17.2. The molecule has 5 heterocycles. The van der Waals surface area contributed by atoms with Gasteiger partial charge >= 0.3 is 0 Å². The average molecular weight is 789 g/mol. The maximum Gasteiger partial charge on any atom is 0.262 e. The van der Waals surface area contributed by atoms with E-state index < -0.39 is 23.8 Å². The number of nitriles is 1. The van der Waals surface area contributed by atoms with Gasteiger partial charge in [0, 0.05) is 69.6 Å². The van der Waals surface area contributed by atoms with E-state index in [1.807, 2.05) is 29.2 Å². The molecule has 12 nitrogen and oxygen atoms in total. The highest BCUT2D eigenvalue weighted by Crippen LogP contribution is 2.45. The minimum absolute atomic E-state index is 0.0972. The quantitative estimate of drug-likeness (QED) is 0.299. The van der Waals surface area contributed by atoms with Crippen LogP contribution in [-0.2, 0) is 22.7 Å². The molecule has 1 aliphatic carbocycles. The molecule has 1 atom stereocenters. The van der Waals surface area contributed by atoms with Crippen LogP contribution in [0.1, 0.15) is 106 Å². The summed E-state index contributed by atoms with van der Waals surface area (Å²) in [5.41, 5.74) is 5.21. The predicted octanol–water partition coefficient (Wildman–Crippen LogP) is 5.70. The molecular weight excluding hydrogens is 744 g/mol. The first-order chi connectivity index (χ1) is 27.6. The van der Waals surface area contributed by atoms with Gasteiger partial charge in [0.15, 0.2) is 0 Å². The Balaban J connectivity index is 0.732. The fourth-order valence-electron chi connectivity index (χ4n) is 9.99. The van der Waals surface area contributed by atoms with Crippen molar-refractivity contribution in [1.82, 2.24) is 20.0 Å². The van der Waals surface area contributed by atoms with Gasteiger partial charge in [0.25, 0.3) is 17.7 Å². The Kier molecular flexibility index (Phi) is 9.77. The van der Waals surface area contributed by atoms with Gasteiger partial charge in [0.1, 0.15) is 17.9 Å². The first-order valence-electron chi connectivity index (χ1n) is 20.2. The first kappa shape index (κ1) is 37.3. The Labute approximate surface area is 336 Å². The normalized spacial score (nSPS) is 25.2. The smallest absolute Gasteiger partial charge is 0.262 e. The number of imide groups is 2. The molecule has 3 aromatic rings. The minimum Gasteiger partial charge on any atom is -0.490 e. The van der Waals surface area contributed by atoms with Gasteiger partial charge < -0.3 is 14.5 Å². The Morgan fingerprint density at radius 2 is 1.54 bits per heavy atom. The van der Waals surface area contributed by atoms with Crippen LogP contribution in [0.2, 0.25) is 5.02 Å². The van der Waals surface area contributed by atoms with Crippen LogP contribution in [0.15, 0.2) is 54.6 Å². The van der Waals surface area contributed by atoms with E-state index in [4.69, 9.17) is 21.6 Å². The Morgan fingerprint density at radius 3 is 2.18 bits per heavy atom. The summed E-state index contributed by atoms with van der Waals surface area (Å²) >= 11 is 6.20. The fourth-order valence-corrected chi connectivity index (χ4v) is 10.2. The molecule has 57 heavy (non-hydrogen) atoms. The average Bonchev–Trinajstić information content (AvgIpc) is 3.88. The molecule has 0 aromatic heterocycles. The number of hydrogen-bond donors (Lipinski definition) is 1. The fraction of sp³-hybridized carbons (Fsp3) is 0.455. The Hall–Kier alpha value is -5.25. The molecule has 0 bridgehead atoms. The van der Waals surface area contributed by atoms with Crippen LogP contribution >= 0.6 is 11.6 Å². The number of anilines is 1. The van der Waals surface area contributed by atoms with Gasteiger partial charge in [-0.25, -0.2) is 0 Å². The summed E-state index contributed by atoms with van der Waals surface area (Å²) in [5, 5.41) is 11.8. The zero-order valence-corrected chi connectivity index (χ0v) is 32.6. The van der Waals surface area contributed by atoms with Crippen LogP contribution in [0.3, 0.4) is 0 Å². The van der Waals surface area contributed by atoms with Crippen molar-refractivity contribution in [3.05, 3.63) is 93.0 Å². The third kappa shape index (κ3) is 7.16. The number of carbonyl (C=O) groups is 5. The van der Waals surface area contributed by atoms with Gasteiger partial charge in [-0.05, 0) is 122 Å². The summed E-state index contributed by atoms with van der Waals surface area (Å²) in [6, 6.07) is 18.1. The van der Waals surface area contributed by atoms with Crippen molar-refractivity contribution in [1.29, 1.82) is 5.26 Å². The lowest BCUT2D eigenvalue weighted by molar-refractivity contribution is -0.136. The van der Waals surface area contributed by atoms with Crippen LogP contribution in [0.25, 0.3) is 0 Å². The van der Waals surface area contributed by atoms with Gasteiger partial charge in [0.2, 0.25) is 11.8 Å². The second-order valence-electron chi connectivity index (χ2n) is 16.8. The first-order valence-corrected chi connectivity index (χ1v) is 20.5. The van der Waals surface area contributed by atoms with Crippen LogP contribution in [0.5, 0.6) is 5.75 Å². The molecule has 13 heteroatoms. The van der Waals surface area contributed by atoms with Gasteiger partial charge in [-0.15, -0.1) is 0 Å². The van der Waals surface area contributed by atoms with E-state index in [-0.39, 0.29) is 36.2 Å². The zero-order valence-electron chi connectivity index (χ0n) is 31.8. The van der Waals surface area contributed by atoms with E-state index in [0.717, 1.165) is 105 Å². The summed E-state index contributed by atoms with van der Waals surface area (Å²) in [4.78, 5) is 72.2. The molecule has 4 fully saturated rings. The zero-order chi connectivity index (χ0) is 39.4. The third-order valence-electron chi connectivity index (χ3n) is 13.2. The van der Waals surface area contributed by atoms with E-state index in [2.05, 4.69) is 33.3 Å². The Bertz CT molecular complexity index is 2160. The summed E-state index contributed by atoms with van der Waals surface area (Å²) < 4.78 is 6.22. The van der Waals surface area contributed by atoms with Crippen molar-refractivity contribution in [3.8, 4) is 11.8 Å². The molecule has 5 aliphatic heterocycles. The van der Waals surface area contributed by atoms with Crippen molar-refractivity contribution in [3.63, 3.8) is 0 Å². The number of likely N-dealkylation sites (tertiary alicyclic amines) is 1. The number of halogens is 1. The highest BCUT2D eigenvalue weighted by molar-refractivity contribution is 6.31. The number of rotatable bonds is 7. The summed E-state index contributed by atoms with van der Waals surface area (Å²) in [7, 11) is 0. The number of hydrogen-bond acceptors (Lipinski definition) is 9. The molecule has 9 rings (SSSR count). The topological polar surface area (TPSA) is 143 Å². The lowest BCUT2D eigenvalue weighted by Crippen LogP contribution is -2.54. The molecule has 5 amide bonds. The Morgan fingerprint density at radius 1 is 0.860 bits per heavy atom. The number of nitrogens with zero attached hydrogens (tertiary/aromatic N) is 5. The van der Waals surface area contributed by atoms with Crippen molar-refractivity contribution >= 4 is 46.8 Å². The number of amides is 5. The maximum absolute atomic E-state index is 13.6. The van der Waals surface area contributed by atoms with Crippen LogP contribution in [0.4, 0.5) is 5.69 Å². The van der Waals surface area contributed by atoms with Crippen molar-refractivity contribution in [2.24, 2.45) is 11.3 Å². The number of benzene rings is 3. The second kappa shape index (κ2) is 14.9. The van der Waals surface area contributed by atoms with E-state index in [9.17, 15) is 24.0 Å². The highest BCUT2D eigenvalue weighted by Gasteiger charge is 2.46. The third-order valence-corrected chi connectivity index (χ3v) is 13.6. The molecule has 294 valence electrons. The van der Waals surface area contributed by atoms with Crippen LogP contribution in [-0.4, -0.2) is 89.1 Å². The maximum atomic E-state index is 13.6. The largest absolute Gasteiger partial charge is 0.490 e. The van der Waals surface area contributed by atoms with E-state index in [1.165, 1.54) is 0 Å². The van der Waals surface area contributed by atoms with Crippen LogP contribution in [0, 0.1) is 22.7 Å². The molecule has 6 aliphatic rings. The lowest BCUT2D eigenvalue weighted by atomic mass is 9.72. The van der Waals surface area contributed by atoms with Gasteiger partial charge in [-0.3, -0.25) is 39.1 Å². The molecule has 3 saturated heterocycles. The molecular formula is C44H45ClN6O6. The summed E-state index contributed by atoms with van der Waals surface area (Å²) in [6.45, 7) is 5.77. The highest BCUT2D eigenvalue weighted by atomic mass is 35.5. The molecule has 1 saturated carbocycles. The number of piperidine rings is 2. The van der Waals surface area contributed by atoms with Crippen molar-refractivity contribution in [2.45, 2.75) is 83.0 Å². The summed E-state index contributed by atoms with van der Waals surface area (Å²) in [6.07, 6.45) is 7.34. The molecule has 1 N–H and O–H groups in total. The van der Waals surface area contributed by atoms with Crippen LogP contribution < -0.4 is 15.0 Å². The molecule has 1 unspecified atom stereocenters. The molecule has 0 radical (unpaired) electrons. The van der Waals surface area contributed by atoms with E-state index >= 15 is 0 Å². The monoisotopic (exact) mass is 788 g/mol. The number of carbonyl (C=O) groups excluding carboxylic acids is 5. The predicted molar refractivity (Wildman–Crippen MR) is 211 cm³/mol. The molecule has 1 spiro atoms. The summed E-state index contributed by atoms with van der Waals surface area (Å²) in [5.74, 6) is -0.600. The molecule has 3 aromatic carbocycles. The number of nitrogens with one attached hydrogen (secondary N) is 1.